The number of hydrogen-bond donors (Lipinski definition) is 9. The van der Waals surface area contributed by atoms with Crippen LogP contribution in [0.4, 0.5) is 0 Å². The zero-order valence-corrected chi connectivity index (χ0v) is 10.4. The Hall–Kier alpha value is -0.360. The van der Waals surface area contributed by atoms with Gasteiger partial charge >= 0.3 is 0 Å². The van der Waals surface area contributed by atoms with Gasteiger partial charge < -0.3 is 46.2 Å². The summed E-state index contributed by atoms with van der Waals surface area (Å²) in [6, 6.07) is 0. The highest BCUT2D eigenvalue weighted by Gasteiger charge is 2.33. The van der Waals surface area contributed by atoms with Crippen LogP contribution in [0.1, 0.15) is 0 Å². The first-order valence-electron chi connectivity index (χ1n) is 5.78. The van der Waals surface area contributed by atoms with E-state index in [2.05, 4.69) is 5.32 Å². The lowest BCUT2D eigenvalue weighted by atomic mass is 10.00. The van der Waals surface area contributed by atoms with E-state index in [9.17, 15) is 15.3 Å². The van der Waals surface area contributed by atoms with Gasteiger partial charge in [-0.1, -0.05) is 0 Å². The van der Waals surface area contributed by atoms with Crippen LogP contribution in [0, 0.1) is 0 Å². The van der Waals surface area contributed by atoms with Crippen LogP contribution in [0.5, 0.6) is 0 Å². The number of β-amino-alcohol motifs (C(OH)–C–C–N with tert-alkyl or cyclic N) is 1. The Balaban J connectivity index is 4.40. The van der Waals surface area contributed by atoms with Gasteiger partial charge in [0.25, 0.3) is 0 Å². The number of rotatable bonds is 10. The minimum Gasteiger partial charge on any atom is -0.394 e. The van der Waals surface area contributed by atoms with E-state index in [0.717, 1.165) is 0 Å². The minimum absolute atomic E-state index is 0.363. The predicted molar refractivity (Wildman–Crippen MR) is 63.1 cm³/mol. The van der Waals surface area contributed by atoms with Crippen LogP contribution in [0.2, 0.25) is 0 Å². The predicted octanol–water partition coefficient (Wildman–Crippen LogP) is -5.27. The van der Waals surface area contributed by atoms with Crippen molar-refractivity contribution in [1.82, 2.24) is 5.32 Å². The van der Waals surface area contributed by atoms with Crippen LogP contribution in [0.3, 0.4) is 0 Å². The van der Waals surface area contributed by atoms with Crippen molar-refractivity contribution in [3.8, 4) is 0 Å². The average Bonchev–Trinajstić information content (AvgIpc) is 2.46. The first kappa shape index (κ1) is 18.6. The highest BCUT2D eigenvalue weighted by Crippen LogP contribution is 2.07. The molecule has 9 nitrogen and oxygen atoms in total. The van der Waals surface area contributed by atoms with E-state index in [1.54, 1.807) is 0 Å². The van der Waals surface area contributed by atoms with Crippen molar-refractivity contribution in [1.29, 1.82) is 0 Å². The Kier molecular flexibility index (Phi) is 8.57. The van der Waals surface area contributed by atoms with Crippen LogP contribution in [-0.2, 0) is 0 Å². The molecule has 0 fully saturated rings. The lowest BCUT2D eigenvalue weighted by Gasteiger charge is -2.32. The molecule has 0 aromatic heterocycles. The fourth-order valence-electron chi connectivity index (χ4n) is 1.32. The molecule has 0 amide bonds. The third-order valence-corrected chi connectivity index (χ3v) is 2.92. The quantitative estimate of drug-likeness (QED) is 0.190. The highest BCUT2D eigenvalue weighted by molar-refractivity contribution is 4.89. The third kappa shape index (κ3) is 5.26. The summed E-state index contributed by atoms with van der Waals surface area (Å²) in [5.74, 6) is 0. The van der Waals surface area contributed by atoms with Crippen molar-refractivity contribution in [2.24, 2.45) is 0 Å². The molecule has 0 aliphatic rings. The normalized spacial score (nSPS) is 18.9. The molecule has 0 saturated heterocycles. The van der Waals surface area contributed by atoms with Gasteiger partial charge in [0.1, 0.15) is 18.3 Å². The Labute approximate surface area is 110 Å². The molecule has 0 rings (SSSR count). The summed E-state index contributed by atoms with van der Waals surface area (Å²) in [4.78, 5) is 0. The van der Waals surface area contributed by atoms with E-state index in [-0.39, 0.29) is 6.54 Å². The zero-order valence-electron chi connectivity index (χ0n) is 10.4. The van der Waals surface area contributed by atoms with E-state index in [1.807, 2.05) is 0 Å². The molecule has 9 heteroatoms. The Morgan fingerprint density at radius 3 is 1.53 bits per heavy atom. The maximum atomic E-state index is 9.57. The van der Waals surface area contributed by atoms with Gasteiger partial charge in [-0.25, -0.2) is 0 Å². The molecule has 0 unspecified atom stereocenters. The van der Waals surface area contributed by atoms with E-state index in [0.29, 0.717) is 0 Å². The van der Waals surface area contributed by atoms with Gasteiger partial charge in [0.15, 0.2) is 0 Å². The van der Waals surface area contributed by atoms with Crippen LogP contribution in [0.25, 0.3) is 0 Å². The molecule has 0 bridgehead atoms. The standard InChI is InChI=1S/C10H23NO8/c12-2-7(17)9(19)8(18)6(16)1-11-10(3-13,4-14)5-15/h6-9,11-19H,1-5H2/t6-,7-,8-,9-/m1/s1. The molecule has 0 heterocycles. The lowest BCUT2D eigenvalue weighted by Crippen LogP contribution is -2.59. The summed E-state index contributed by atoms with van der Waals surface area (Å²) in [7, 11) is 0. The Bertz CT molecular complexity index is 229. The molecular formula is C10H23NO8. The molecule has 0 aliphatic carbocycles. The van der Waals surface area contributed by atoms with Crippen LogP contribution in [0.15, 0.2) is 0 Å². The van der Waals surface area contributed by atoms with E-state index < -0.39 is 56.4 Å². The molecule has 0 aromatic rings. The number of aliphatic hydroxyl groups excluding tert-OH is 8. The first-order valence-corrected chi connectivity index (χ1v) is 5.78. The molecule has 0 aromatic carbocycles. The van der Waals surface area contributed by atoms with Crippen molar-refractivity contribution < 1.29 is 40.9 Å². The van der Waals surface area contributed by atoms with Gasteiger partial charge in [0.05, 0.1) is 38.1 Å². The fourth-order valence-corrected chi connectivity index (χ4v) is 1.32. The molecule has 4 atom stereocenters. The summed E-state index contributed by atoms with van der Waals surface area (Å²) < 4.78 is 0. The van der Waals surface area contributed by atoms with Crippen LogP contribution in [-0.4, -0.2) is 104 Å². The van der Waals surface area contributed by atoms with Gasteiger partial charge in [-0.2, -0.15) is 0 Å². The molecule has 0 saturated carbocycles. The molecule has 19 heavy (non-hydrogen) atoms. The molecule has 0 radical (unpaired) electrons. The van der Waals surface area contributed by atoms with Crippen molar-refractivity contribution in [3.05, 3.63) is 0 Å². The Morgan fingerprint density at radius 1 is 0.737 bits per heavy atom. The maximum absolute atomic E-state index is 9.57. The highest BCUT2D eigenvalue weighted by atomic mass is 16.4. The minimum atomic E-state index is -1.76. The number of nitrogens with one attached hydrogen (secondary N) is 1. The SMILES string of the molecule is OC[C@@H](O)[C@@H](O)[C@H](O)[C@H](O)CNC(CO)(CO)CO. The van der Waals surface area contributed by atoms with Gasteiger partial charge in [-0.05, 0) is 0 Å². The van der Waals surface area contributed by atoms with Gasteiger partial charge in [-0.15, -0.1) is 0 Å². The number of hydrogen-bond acceptors (Lipinski definition) is 9. The summed E-state index contributed by atoms with van der Waals surface area (Å²) in [5.41, 5.74) is -1.43. The topological polar surface area (TPSA) is 174 Å². The molecule has 9 N–H and O–H groups in total. The second-order valence-electron chi connectivity index (χ2n) is 4.43. The van der Waals surface area contributed by atoms with Gasteiger partial charge in [0.2, 0.25) is 0 Å². The molecule has 0 aliphatic heterocycles. The van der Waals surface area contributed by atoms with Crippen LogP contribution < -0.4 is 5.32 Å². The van der Waals surface area contributed by atoms with Crippen LogP contribution >= 0.6 is 0 Å². The maximum Gasteiger partial charge on any atom is 0.111 e. The third-order valence-electron chi connectivity index (χ3n) is 2.92. The first-order chi connectivity index (χ1) is 8.87. The van der Waals surface area contributed by atoms with E-state index in [4.69, 9.17) is 25.5 Å². The molecular weight excluding hydrogens is 262 g/mol. The van der Waals surface area contributed by atoms with Crippen molar-refractivity contribution >= 4 is 0 Å². The fraction of sp³-hybridized carbons (Fsp3) is 1.00. The molecule has 116 valence electrons. The molecule has 0 spiro atoms. The van der Waals surface area contributed by atoms with E-state index in [1.165, 1.54) is 0 Å². The van der Waals surface area contributed by atoms with Gasteiger partial charge in [0, 0.05) is 6.54 Å². The Morgan fingerprint density at radius 2 is 1.16 bits per heavy atom. The van der Waals surface area contributed by atoms with E-state index >= 15 is 0 Å². The van der Waals surface area contributed by atoms with Gasteiger partial charge in [-0.3, -0.25) is 0 Å². The zero-order chi connectivity index (χ0) is 15.1. The lowest BCUT2D eigenvalue weighted by molar-refractivity contribution is -0.116. The summed E-state index contributed by atoms with van der Waals surface area (Å²) in [6.07, 6.45) is -6.65. The second kappa shape index (κ2) is 8.74. The monoisotopic (exact) mass is 285 g/mol. The van der Waals surface area contributed by atoms with Crippen molar-refractivity contribution in [3.63, 3.8) is 0 Å². The largest absolute Gasteiger partial charge is 0.394 e. The average molecular weight is 285 g/mol. The summed E-state index contributed by atoms with van der Waals surface area (Å²) >= 11 is 0. The summed E-state index contributed by atoms with van der Waals surface area (Å²) in [5, 5.41) is 75.6. The van der Waals surface area contributed by atoms with Crippen molar-refractivity contribution in [2.45, 2.75) is 30.0 Å². The summed E-state index contributed by atoms with van der Waals surface area (Å²) in [6.45, 7) is -2.97. The van der Waals surface area contributed by atoms with Crippen molar-refractivity contribution in [2.75, 3.05) is 33.0 Å². The number of aliphatic hydroxyl groups is 8. The smallest absolute Gasteiger partial charge is 0.111 e. The second-order valence-corrected chi connectivity index (χ2v) is 4.43.